The van der Waals surface area contributed by atoms with Crippen LogP contribution in [0.5, 0.6) is 0 Å². The van der Waals surface area contributed by atoms with Gasteiger partial charge >= 0.3 is 0 Å². The number of carbonyl (C=O) groups is 1. The van der Waals surface area contributed by atoms with E-state index in [4.69, 9.17) is 9.51 Å². The molecule has 5 nitrogen and oxygen atoms in total. The van der Waals surface area contributed by atoms with Gasteiger partial charge in [-0.1, -0.05) is 0 Å². The number of carbonyl (C=O) groups excluding carboxylic acids is 1. The van der Waals surface area contributed by atoms with Gasteiger partial charge in [-0.3, -0.25) is 4.79 Å². The van der Waals surface area contributed by atoms with Crippen LogP contribution in [0.1, 0.15) is 60.3 Å². The van der Waals surface area contributed by atoms with E-state index in [1.165, 1.54) is 44.1 Å². The van der Waals surface area contributed by atoms with Crippen molar-refractivity contribution in [3.63, 3.8) is 0 Å². The Morgan fingerprint density at radius 1 is 1.21 bits per heavy atom. The average molecular weight is 323 g/mol. The Labute approximate surface area is 141 Å². The number of aromatic nitrogens is 2. The Morgan fingerprint density at radius 2 is 2.00 bits per heavy atom. The molecule has 0 atom stereocenters. The van der Waals surface area contributed by atoms with Crippen molar-refractivity contribution in [3.8, 4) is 0 Å². The molecule has 0 N–H and O–H groups in total. The summed E-state index contributed by atoms with van der Waals surface area (Å²) in [6, 6.07) is 5.81. The Kier molecular flexibility index (Phi) is 3.05. The first-order valence-corrected chi connectivity index (χ1v) is 8.97. The molecule has 3 fully saturated rings. The van der Waals surface area contributed by atoms with E-state index in [-0.39, 0.29) is 5.41 Å². The van der Waals surface area contributed by atoms with E-state index in [0.717, 1.165) is 42.3 Å². The molecule has 1 aromatic heterocycles. The number of anilines is 2. The van der Waals surface area contributed by atoms with Crippen LogP contribution in [0.15, 0.2) is 22.7 Å². The van der Waals surface area contributed by atoms with Crippen molar-refractivity contribution in [2.24, 2.45) is 5.92 Å². The molecule has 2 aromatic rings. The Balaban J connectivity index is 1.46. The van der Waals surface area contributed by atoms with Gasteiger partial charge in [-0.2, -0.15) is 4.98 Å². The molecule has 124 valence electrons. The number of hydrogen-bond acceptors (Lipinski definition) is 5. The van der Waals surface area contributed by atoms with Gasteiger partial charge in [-0.25, -0.2) is 0 Å². The minimum Gasteiger partial charge on any atom is -0.337 e. The van der Waals surface area contributed by atoms with Crippen LogP contribution in [0.25, 0.3) is 0 Å². The fourth-order valence-electron chi connectivity index (χ4n) is 4.81. The second-order valence-corrected chi connectivity index (χ2v) is 7.57. The molecule has 0 spiro atoms. The molecule has 1 aliphatic heterocycles. The van der Waals surface area contributed by atoms with Crippen molar-refractivity contribution in [2.45, 2.75) is 50.4 Å². The summed E-state index contributed by atoms with van der Waals surface area (Å²) < 4.78 is 5.74. The summed E-state index contributed by atoms with van der Waals surface area (Å²) in [5, 5.41) is 4.30. The van der Waals surface area contributed by atoms with E-state index >= 15 is 0 Å². The summed E-state index contributed by atoms with van der Waals surface area (Å²) in [6.45, 7) is 0.839. The summed E-state index contributed by atoms with van der Waals surface area (Å²) in [5.74, 6) is 2.44. The van der Waals surface area contributed by atoms with E-state index in [9.17, 15) is 4.79 Å². The van der Waals surface area contributed by atoms with Gasteiger partial charge < -0.3 is 9.42 Å². The highest BCUT2D eigenvalue weighted by Gasteiger charge is 2.45. The molecule has 5 heteroatoms. The lowest BCUT2D eigenvalue weighted by atomic mass is 9.61. The van der Waals surface area contributed by atoms with Crippen LogP contribution in [0.3, 0.4) is 0 Å². The van der Waals surface area contributed by atoms with Crippen molar-refractivity contribution in [2.75, 3.05) is 11.4 Å². The number of aldehydes is 1. The van der Waals surface area contributed by atoms with Crippen molar-refractivity contribution >= 4 is 17.9 Å². The maximum Gasteiger partial charge on any atom is 0.270 e. The van der Waals surface area contributed by atoms with Gasteiger partial charge in [-0.05, 0) is 79.8 Å². The third-order valence-corrected chi connectivity index (χ3v) is 6.34. The fraction of sp³-hybridized carbons (Fsp3) is 0.526. The standard InChI is InChI=1S/C19H21N3O2/c23-12-14-1-2-16-15(11-14)6-10-22(16)18-20-17(24-21-18)19-7-3-13(4-8-19)5-9-19/h1-2,11-13H,3-10H2. The Hall–Kier alpha value is -2.17. The SMILES string of the molecule is O=Cc1ccc2c(c1)CCN2c1noc(C23CCC(CC2)CC3)n1. The maximum absolute atomic E-state index is 11.0. The zero-order chi connectivity index (χ0) is 16.1. The van der Waals surface area contributed by atoms with E-state index in [0.29, 0.717) is 5.95 Å². The number of fused-ring (bicyclic) bond motifs is 4. The molecule has 0 unspecified atom stereocenters. The summed E-state index contributed by atoms with van der Waals surface area (Å²) in [4.78, 5) is 17.9. The molecule has 0 saturated heterocycles. The Morgan fingerprint density at radius 3 is 2.75 bits per heavy atom. The minimum atomic E-state index is 0.129. The highest BCUT2D eigenvalue weighted by Crippen LogP contribution is 2.51. The smallest absolute Gasteiger partial charge is 0.270 e. The predicted octanol–water partition coefficient (Wildman–Crippen LogP) is 3.80. The highest BCUT2D eigenvalue weighted by atomic mass is 16.5. The second kappa shape index (κ2) is 5.16. The zero-order valence-electron chi connectivity index (χ0n) is 13.7. The normalized spacial score (nSPS) is 28.2. The molecule has 3 saturated carbocycles. The summed E-state index contributed by atoms with van der Waals surface area (Å²) in [5.41, 5.74) is 3.13. The van der Waals surface area contributed by atoms with Gasteiger partial charge in [0.15, 0.2) is 0 Å². The van der Waals surface area contributed by atoms with Crippen LogP contribution >= 0.6 is 0 Å². The maximum atomic E-state index is 11.0. The van der Waals surface area contributed by atoms with E-state index < -0.39 is 0 Å². The lowest BCUT2D eigenvalue weighted by molar-refractivity contribution is 0.103. The second-order valence-electron chi connectivity index (χ2n) is 7.57. The highest BCUT2D eigenvalue weighted by molar-refractivity contribution is 5.78. The molecule has 0 amide bonds. The largest absolute Gasteiger partial charge is 0.337 e. The van der Waals surface area contributed by atoms with Gasteiger partial charge in [-0.15, -0.1) is 0 Å². The third-order valence-electron chi connectivity index (χ3n) is 6.34. The minimum absolute atomic E-state index is 0.129. The molecule has 6 rings (SSSR count). The number of hydrogen-bond donors (Lipinski definition) is 0. The van der Waals surface area contributed by atoms with Gasteiger partial charge in [0.25, 0.3) is 5.95 Å². The Bertz CT molecular complexity index is 776. The number of rotatable bonds is 3. The van der Waals surface area contributed by atoms with Crippen LogP contribution in [0.2, 0.25) is 0 Å². The third kappa shape index (κ3) is 2.03. The van der Waals surface area contributed by atoms with E-state index in [1.807, 2.05) is 18.2 Å². The molecule has 3 aliphatic carbocycles. The first-order valence-electron chi connectivity index (χ1n) is 8.97. The van der Waals surface area contributed by atoms with Crippen LogP contribution < -0.4 is 4.90 Å². The van der Waals surface area contributed by atoms with Crippen LogP contribution in [0.4, 0.5) is 11.6 Å². The quantitative estimate of drug-likeness (QED) is 0.804. The molecule has 2 bridgehead atoms. The van der Waals surface area contributed by atoms with Crippen molar-refractivity contribution in [1.82, 2.24) is 10.1 Å². The van der Waals surface area contributed by atoms with Crippen molar-refractivity contribution < 1.29 is 9.32 Å². The van der Waals surface area contributed by atoms with Gasteiger partial charge in [0.05, 0.1) is 0 Å². The van der Waals surface area contributed by atoms with Crippen LogP contribution in [0, 0.1) is 5.92 Å². The summed E-state index contributed by atoms with van der Waals surface area (Å²) in [7, 11) is 0. The summed E-state index contributed by atoms with van der Waals surface area (Å²) in [6.07, 6.45) is 9.30. The van der Waals surface area contributed by atoms with Crippen molar-refractivity contribution in [1.29, 1.82) is 0 Å². The predicted molar refractivity (Wildman–Crippen MR) is 89.7 cm³/mol. The van der Waals surface area contributed by atoms with Gasteiger partial charge in [0.2, 0.25) is 5.89 Å². The van der Waals surface area contributed by atoms with Crippen LogP contribution in [-0.2, 0) is 11.8 Å². The fourth-order valence-corrected chi connectivity index (χ4v) is 4.81. The molecule has 2 heterocycles. The molecule has 4 aliphatic rings. The van der Waals surface area contributed by atoms with E-state index in [2.05, 4.69) is 10.1 Å². The lowest BCUT2D eigenvalue weighted by Crippen LogP contribution is -2.37. The first-order chi connectivity index (χ1) is 11.8. The lowest BCUT2D eigenvalue weighted by Gasteiger charge is -2.43. The summed E-state index contributed by atoms with van der Waals surface area (Å²) >= 11 is 0. The molecular formula is C19H21N3O2. The zero-order valence-corrected chi connectivity index (χ0v) is 13.7. The molecule has 1 aromatic carbocycles. The molecule has 0 radical (unpaired) electrons. The molecular weight excluding hydrogens is 302 g/mol. The van der Waals surface area contributed by atoms with E-state index in [1.54, 1.807) is 0 Å². The monoisotopic (exact) mass is 323 g/mol. The topological polar surface area (TPSA) is 59.2 Å². The molecule has 24 heavy (non-hydrogen) atoms. The van der Waals surface area contributed by atoms with Gasteiger partial charge in [0.1, 0.15) is 6.29 Å². The van der Waals surface area contributed by atoms with Crippen molar-refractivity contribution in [3.05, 3.63) is 35.2 Å². The number of nitrogens with zero attached hydrogens (tertiary/aromatic N) is 3. The van der Waals surface area contributed by atoms with Crippen LogP contribution in [-0.4, -0.2) is 23.0 Å². The van der Waals surface area contributed by atoms with Gasteiger partial charge in [0, 0.05) is 23.2 Å². The average Bonchev–Trinajstić information content (AvgIpc) is 3.29. The number of benzene rings is 1. The first kappa shape index (κ1) is 14.2.